The van der Waals surface area contributed by atoms with Crippen molar-refractivity contribution in [2.24, 2.45) is 0 Å². The van der Waals surface area contributed by atoms with Crippen molar-refractivity contribution < 1.29 is 4.74 Å². The quantitative estimate of drug-likeness (QED) is 0.0469. The molecule has 0 bridgehead atoms. The lowest BCUT2D eigenvalue weighted by Gasteiger charge is -2.22. The molecule has 0 aromatic rings. The van der Waals surface area contributed by atoms with Gasteiger partial charge < -0.3 is 15.4 Å². The zero-order valence-corrected chi connectivity index (χ0v) is 41.3. The van der Waals surface area contributed by atoms with Gasteiger partial charge in [0.2, 0.25) is 0 Å². The molecule has 0 heterocycles. The topological polar surface area (TPSA) is 33.3 Å². The van der Waals surface area contributed by atoms with Gasteiger partial charge in [0.15, 0.2) is 5.05 Å². The van der Waals surface area contributed by atoms with E-state index in [0.717, 1.165) is 40.7 Å². The number of unbranched alkanes of at least 4 members (excludes halogenated alkanes) is 36. The molecule has 0 saturated heterocycles. The fraction of sp³-hybridized carbons (Fsp3) is 0.941. The minimum atomic E-state index is -0.0614. The number of nitrogens with one attached hydrogen (secondary N) is 2. The molecule has 0 rings (SSSR count). The van der Waals surface area contributed by atoms with Gasteiger partial charge in [0.05, 0.1) is 23.1 Å². The Bertz CT molecular complexity index is 806. The molecular weight excluding hydrogens is 753 g/mol. The summed E-state index contributed by atoms with van der Waals surface area (Å²) in [6.07, 6.45) is 56.2. The molecule has 0 aliphatic carbocycles. The van der Waals surface area contributed by atoms with E-state index in [4.69, 9.17) is 41.4 Å². The van der Waals surface area contributed by atoms with Crippen molar-refractivity contribution in [3.05, 3.63) is 0 Å². The van der Waals surface area contributed by atoms with Gasteiger partial charge in [0, 0.05) is 6.42 Å². The first-order valence-electron chi connectivity index (χ1n) is 25.8. The standard InChI is InChI=1S/C51H100N2OS3/c1-4-7-10-13-16-19-22-25-28-31-34-37-40-43-49(55)52-46-48(54-51(57)45-42-39-36-33-30-27-24-21-18-15-12-9-6-3)47-53-50(56)44-41-38-35-32-29-26-23-20-17-14-11-8-5-2/h48H,4-47H2,1-3H3,(H,52,55)(H,53,56). The Morgan fingerprint density at radius 3 is 0.772 bits per heavy atom. The van der Waals surface area contributed by atoms with Crippen LogP contribution in [0.3, 0.4) is 0 Å². The van der Waals surface area contributed by atoms with Gasteiger partial charge in [0.25, 0.3) is 0 Å². The van der Waals surface area contributed by atoms with Crippen LogP contribution in [0.15, 0.2) is 0 Å². The van der Waals surface area contributed by atoms with Gasteiger partial charge in [-0.3, -0.25) is 0 Å². The molecule has 338 valence electrons. The van der Waals surface area contributed by atoms with E-state index >= 15 is 0 Å². The molecule has 0 amide bonds. The van der Waals surface area contributed by atoms with Gasteiger partial charge in [-0.05, 0) is 44.3 Å². The molecule has 3 nitrogen and oxygen atoms in total. The summed E-state index contributed by atoms with van der Waals surface area (Å²) >= 11 is 17.3. The fourth-order valence-electron chi connectivity index (χ4n) is 7.93. The molecule has 0 saturated carbocycles. The van der Waals surface area contributed by atoms with Gasteiger partial charge in [-0.15, -0.1) is 0 Å². The molecule has 6 heteroatoms. The lowest BCUT2D eigenvalue weighted by molar-refractivity contribution is 0.193. The molecule has 57 heavy (non-hydrogen) atoms. The van der Waals surface area contributed by atoms with Crippen molar-refractivity contribution in [1.29, 1.82) is 0 Å². The van der Waals surface area contributed by atoms with Crippen LogP contribution in [0.5, 0.6) is 0 Å². The number of ether oxygens (including phenoxy) is 1. The third kappa shape index (κ3) is 46.6. The summed E-state index contributed by atoms with van der Waals surface area (Å²) in [5.41, 5.74) is 0. The number of rotatable bonds is 47. The Morgan fingerprint density at radius 1 is 0.316 bits per heavy atom. The Labute approximate surface area is 374 Å². The van der Waals surface area contributed by atoms with Crippen LogP contribution in [-0.2, 0) is 4.74 Å². The van der Waals surface area contributed by atoms with E-state index in [9.17, 15) is 0 Å². The summed E-state index contributed by atoms with van der Waals surface area (Å²) in [4.78, 5) is 1.92. The van der Waals surface area contributed by atoms with Crippen LogP contribution in [0, 0.1) is 0 Å². The van der Waals surface area contributed by atoms with Gasteiger partial charge in [0.1, 0.15) is 6.10 Å². The van der Waals surface area contributed by atoms with Crippen LogP contribution in [0.4, 0.5) is 0 Å². The highest BCUT2D eigenvalue weighted by atomic mass is 32.1. The highest BCUT2D eigenvalue weighted by Gasteiger charge is 2.14. The largest absolute Gasteiger partial charge is 0.480 e. The van der Waals surface area contributed by atoms with E-state index in [-0.39, 0.29) is 6.10 Å². The Balaban J connectivity index is 4.31. The normalized spacial score (nSPS) is 11.4. The lowest BCUT2D eigenvalue weighted by atomic mass is 10.0. The Morgan fingerprint density at radius 2 is 0.526 bits per heavy atom. The zero-order valence-electron chi connectivity index (χ0n) is 38.8. The molecule has 0 fully saturated rings. The van der Waals surface area contributed by atoms with Crippen molar-refractivity contribution in [1.82, 2.24) is 10.6 Å². The molecule has 0 aromatic carbocycles. The van der Waals surface area contributed by atoms with E-state index in [1.807, 2.05) is 0 Å². The monoisotopic (exact) mass is 853 g/mol. The van der Waals surface area contributed by atoms with Crippen molar-refractivity contribution >= 4 is 51.7 Å². The fourth-order valence-corrected chi connectivity index (χ4v) is 8.66. The van der Waals surface area contributed by atoms with Gasteiger partial charge >= 0.3 is 0 Å². The molecule has 0 radical (unpaired) electrons. The minimum absolute atomic E-state index is 0.0614. The molecule has 0 atom stereocenters. The molecule has 0 aliphatic heterocycles. The molecule has 0 aliphatic rings. The first kappa shape index (κ1) is 56.7. The SMILES string of the molecule is CCCCCCCCCCCCCCCC(=S)NCC(CNC(=S)CCCCCCCCCCCCCCC)OC(=S)CCCCCCCCCCCCCCC. The predicted molar refractivity (Wildman–Crippen MR) is 270 cm³/mol. The smallest absolute Gasteiger partial charge is 0.160 e. The first-order valence-corrected chi connectivity index (χ1v) is 27.0. The maximum atomic E-state index is 6.39. The molecular formula is C51H100N2OS3. The van der Waals surface area contributed by atoms with Crippen LogP contribution < -0.4 is 10.6 Å². The minimum Gasteiger partial charge on any atom is -0.480 e. The second-order valence-corrected chi connectivity index (χ2v) is 19.1. The van der Waals surface area contributed by atoms with E-state index in [0.29, 0.717) is 13.1 Å². The average molecular weight is 854 g/mol. The van der Waals surface area contributed by atoms with Crippen LogP contribution in [0.25, 0.3) is 0 Å². The predicted octanol–water partition coefficient (Wildman–Crippen LogP) is 18.0. The van der Waals surface area contributed by atoms with E-state index < -0.39 is 0 Å². The third-order valence-electron chi connectivity index (χ3n) is 11.9. The number of hydrogen-bond donors (Lipinski definition) is 2. The zero-order chi connectivity index (χ0) is 41.5. The Hall–Kier alpha value is -0.330. The highest BCUT2D eigenvalue weighted by molar-refractivity contribution is 7.80. The third-order valence-corrected chi connectivity index (χ3v) is 12.8. The summed E-state index contributed by atoms with van der Waals surface area (Å²) in [7, 11) is 0. The average Bonchev–Trinajstić information content (AvgIpc) is 3.21. The van der Waals surface area contributed by atoms with E-state index in [1.165, 1.54) is 244 Å². The summed E-state index contributed by atoms with van der Waals surface area (Å²) in [5.74, 6) is 0. The van der Waals surface area contributed by atoms with Crippen molar-refractivity contribution in [2.75, 3.05) is 13.1 Å². The summed E-state index contributed by atoms with van der Waals surface area (Å²) in [6.45, 7) is 8.26. The first-order chi connectivity index (χ1) is 28.0. The van der Waals surface area contributed by atoms with Gasteiger partial charge in [-0.1, -0.05) is 276 Å². The molecule has 0 aromatic heterocycles. The maximum Gasteiger partial charge on any atom is 0.160 e. The second-order valence-electron chi connectivity index (χ2n) is 17.7. The summed E-state index contributed by atoms with van der Waals surface area (Å²) in [5, 5.41) is 7.81. The molecule has 0 spiro atoms. The maximum absolute atomic E-state index is 6.39. The summed E-state index contributed by atoms with van der Waals surface area (Å²) in [6, 6.07) is 0. The lowest BCUT2D eigenvalue weighted by Crippen LogP contribution is -2.41. The van der Waals surface area contributed by atoms with Crippen LogP contribution in [0.2, 0.25) is 0 Å². The highest BCUT2D eigenvalue weighted by Crippen LogP contribution is 2.16. The number of thiocarbonyl (C=S) groups is 3. The van der Waals surface area contributed by atoms with Gasteiger partial charge in [-0.25, -0.2) is 0 Å². The second kappa shape index (κ2) is 48.3. The van der Waals surface area contributed by atoms with Crippen LogP contribution in [0.1, 0.15) is 290 Å². The Kier molecular flexibility index (Phi) is 48.1. The number of hydrogen-bond acceptors (Lipinski definition) is 4. The molecule has 0 unspecified atom stereocenters. The van der Waals surface area contributed by atoms with Crippen LogP contribution in [-0.4, -0.2) is 34.2 Å². The van der Waals surface area contributed by atoms with E-state index in [2.05, 4.69) is 31.4 Å². The van der Waals surface area contributed by atoms with Crippen molar-refractivity contribution in [3.8, 4) is 0 Å². The van der Waals surface area contributed by atoms with Crippen molar-refractivity contribution in [3.63, 3.8) is 0 Å². The van der Waals surface area contributed by atoms with Crippen molar-refractivity contribution in [2.45, 2.75) is 297 Å². The van der Waals surface area contributed by atoms with Crippen LogP contribution >= 0.6 is 36.7 Å². The summed E-state index contributed by atoms with van der Waals surface area (Å²) < 4.78 is 6.39. The van der Waals surface area contributed by atoms with E-state index in [1.54, 1.807) is 0 Å². The molecule has 2 N–H and O–H groups in total. The van der Waals surface area contributed by atoms with Gasteiger partial charge in [-0.2, -0.15) is 0 Å².